The van der Waals surface area contributed by atoms with E-state index in [-0.39, 0.29) is 0 Å². The third kappa shape index (κ3) is 9.26. The van der Waals surface area contributed by atoms with Gasteiger partial charge in [-0.05, 0) is 107 Å². The first-order chi connectivity index (χ1) is 49.6. The Bertz CT molecular complexity index is 6600. The quantitative estimate of drug-likeness (QED) is 0.126. The average Bonchev–Trinajstić information content (AvgIpc) is 1.57. The summed E-state index contributed by atoms with van der Waals surface area (Å²) < 4.78 is 18.7. The van der Waals surface area contributed by atoms with Gasteiger partial charge in [0, 0.05) is 76.6 Å². The van der Waals surface area contributed by atoms with Gasteiger partial charge in [-0.1, -0.05) is 249 Å². The van der Waals surface area contributed by atoms with Crippen LogP contribution in [-0.2, 0) is 0 Å². The lowest BCUT2D eigenvalue weighted by molar-refractivity contribution is 0.669. The summed E-state index contributed by atoms with van der Waals surface area (Å²) >= 11 is 0. The van der Waals surface area contributed by atoms with Gasteiger partial charge in [-0.3, -0.25) is 0 Å². The molecule has 0 fully saturated rings. The monoisotopic (exact) mass is 1280 g/mol. The minimum absolute atomic E-state index is 0.510. The van der Waals surface area contributed by atoms with Gasteiger partial charge in [-0.15, -0.1) is 0 Å². The Morgan fingerprint density at radius 3 is 1.18 bits per heavy atom. The van der Waals surface area contributed by atoms with E-state index in [9.17, 15) is 0 Å². The van der Waals surface area contributed by atoms with Gasteiger partial charge in [-0.2, -0.15) is 0 Å². The number of fused-ring (bicyclic) bond motifs is 12. The third-order valence-electron chi connectivity index (χ3n) is 19.5. The molecule has 100 heavy (non-hydrogen) atoms. The van der Waals surface area contributed by atoms with Crippen LogP contribution in [0.5, 0.6) is 0 Å². The molecule has 6 aromatic heterocycles. The summed E-state index contributed by atoms with van der Waals surface area (Å²) in [6.45, 7) is 0. The van der Waals surface area contributed by atoms with Gasteiger partial charge in [0.2, 0.25) is 0 Å². The number of para-hydroxylation sites is 6. The topological polar surface area (TPSA) is 113 Å². The fourth-order valence-corrected chi connectivity index (χ4v) is 14.9. The first kappa shape index (κ1) is 56.6. The summed E-state index contributed by atoms with van der Waals surface area (Å²) in [5.41, 5.74) is 21.0. The zero-order valence-electron chi connectivity index (χ0n) is 53.6. The maximum Gasteiger partial charge on any atom is 0.167 e. The van der Waals surface area contributed by atoms with Crippen molar-refractivity contribution in [3.8, 4) is 113 Å². The van der Waals surface area contributed by atoms with Crippen LogP contribution in [0.4, 0.5) is 0 Å². The van der Waals surface area contributed by atoms with Crippen LogP contribution in [0.3, 0.4) is 0 Å². The van der Waals surface area contributed by atoms with E-state index >= 15 is 0 Å². The van der Waals surface area contributed by atoms with E-state index in [4.69, 9.17) is 38.7 Å². The van der Waals surface area contributed by atoms with Gasteiger partial charge in [0.15, 0.2) is 34.9 Å². The zero-order chi connectivity index (χ0) is 65.8. The maximum absolute atomic E-state index is 6.99. The second-order valence-corrected chi connectivity index (χ2v) is 25.2. The van der Waals surface area contributed by atoms with Crippen molar-refractivity contribution in [2.24, 2.45) is 0 Å². The van der Waals surface area contributed by atoms with Crippen LogP contribution in [-0.4, -0.2) is 39.0 Å². The van der Waals surface area contributed by atoms with Crippen molar-refractivity contribution >= 4 is 87.5 Å². The van der Waals surface area contributed by atoms with Crippen LogP contribution in [0.25, 0.3) is 201 Å². The fourth-order valence-electron chi connectivity index (χ4n) is 14.9. The first-order valence-electron chi connectivity index (χ1n) is 33.5. The molecule has 0 aliphatic heterocycles. The third-order valence-corrected chi connectivity index (χ3v) is 19.5. The lowest BCUT2D eigenvalue weighted by atomic mass is 9.97. The van der Waals surface area contributed by atoms with E-state index in [1.165, 1.54) is 10.8 Å². The van der Waals surface area contributed by atoms with E-state index in [1.807, 2.05) is 103 Å². The molecule has 0 saturated carbocycles. The molecule has 0 N–H and O–H groups in total. The van der Waals surface area contributed by atoms with E-state index in [2.05, 4.69) is 234 Å². The molecule has 0 amide bonds. The highest BCUT2D eigenvalue weighted by molar-refractivity contribution is 6.19. The van der Waals surface area contributed by atoms with Gasteiger partial charge in [0.1, 0.15) is 22.3 Å². The molecule has 466 valence electrons. The smallest absolute Gasteiger partial charge is 0.167 e. The first-order valence-corrected chi connectivity index (χ1v) is 33.5. The standard InChI is InChI=1S/C90H54N8O2/c1-5-24-55(25-6-1)85-91-86(56-26-7-2-8-27-56)94-89(93-85)71-41-20-39-69-81-64(37-22-46-79(81)99-83(69)71)59-49-51-77-73(53-59)67-36-15-18-45-76(67)98(77)74-43-16-13-34-63(74)58-30-19-31-61(52-58)88-92-87(57-28-9-3-10-29-57)95-90(96-88)72-42-21-40-70-82-65(38-23-47-80(82)100-84(70)72)60-48-50-68-66-35-14-17-44-75(66)97(78(68)54-60)62-32-11-4-12-33-62/h1-54H. The van der Waals surface area contributed by atoms with Gasteiger partial charge in [0.05, 0.1) is 38.9 Å². The predicted octanol–water partition coefficient (Wildman–Crippen LogP) is 23.1. The van der Waals surface area contributed by atoms with Crippen LogP contribution in [0, 0.1) is 0 Å². The van der Waals surface area contributed by atoms with Crippen LogP contribution < -0.4 is 0 Å². The van der Waals surface area contributed by atoms with E-state index in [0.29, 0.717) is 46.1 Å². The predicted molar refractivity (Wildman–Crippen MR) is 405 cm³/mol. The number of benzene rings is 14. The number of nitrogens with zero attached hydrogens (tertiary/aromatic N) is 8. The van der Waals surface area contributed by atoms with Crippen LogP contribution in [0.15, 0.2) is 336 Å². The molecule has 0 spiro atoms. The lowest BCUT2D eigenvalue weighted by Crippen LogP contribution is -2.01. The van der Waals surface area contributed by atoms with Gasteiger partial charge in [0.25, 0.3) is 0 Å². The highest BCUT2D eigenvalue weighted by atomic mass is 16.3. The molecule has 0 unspecified atom stereocenters. The SMILES string of the molecule is c1ccc(-c2nc(-c3ccccc3)nc(-c3cccc4c3oc3cccc(-c5ccc6c(c5)c5ccccc5n6-c5ccccc5-c5cccc(-c6nc(-c7ccccc7)nc(-c7cccc8c7oc7cccc(-c9ccc%10c%11ccccc%11n(-c%11ccccc%11)c%10c9)c78)n6)c5)c34)n2)cc1. The van der Waals surface area contributed by atoms with Crippen LogP contribution >= 0.6 is 0 Å². The molecule has 0 saturated heterocycles. The van der Waals surface area contributed by atoms with Gasteiger partial charge >= 0.3 is 0 Å². The minimum atomic E-state index is 0.510. The molecular weight excluding hydrogens is 1230 g/mol. The Morgan fingerprint density at radius 2 is 0.590 bits per heavy atom. The summed E-state index contributed by atoms with van der Waals surface area (Å²) in [7, 11) is 0. The molecule has 20 rings (SSSR count). The number of hydrogen-bond donors (Lipinski definition) is 0. The fraction of sp³-hybridized carbons (Fsp3) is 0. The Hall–Kier alpha value is -13.7. The Labute approximate surface area is 572 Å². The van der Waals surface area contributed by atoms with Crippen molar-refractivity contribution in [3.05, 3.63) is 328 Å². The van der Waals surface area contributed by atoms with Gasteiger partial charge < -0.3 is 18.0 Å². The minimum Gasteiger partial charge on any atom is -0.455 e. The van der Waals surface area contributed by atoms with E-state index in [0.717, 1.165) is 144 Å². The van der Waals surface area contributed by atoms with Crippen molar-refractivity contribution in [1.82, 2.24) is 39.0 Å². The number of hydrogen-bond acceptors (Lipinski definition) is 8. The molecular formula is C90H54N8O2. The maximum atomic E-state index is 6.99. The summed E-state index contributed by atoms with van der Waals surface area (Å²) in [6, 6.07) is 114. The van der Waals surface area contributed by atoms with Gasteiger partial charge in [-0.25, -0.2) is 29.9 Å². The molecule has 0 bridgehead atoms. The molecule has 0 radical (unpaired) electrons. The van der Waals surface area contributed by atoms with E-state index < -0.39 is 0 Å². The summed E-state index contributed by atoms with van der Waals surface area (Å²) in [5, 5.41) is 8.67. The Kier molecular flexibility index (Phi) is 13.0. The highest BCUT2D eigenvalue weighted by Gasteiger charge is 2.25. The molecule has 14 aromatic carbocycles. The normalized spacial score (nSPS) is 11.8. The zero-order valence-corrected chi connectivity index (χ0v) is 53.6. The summed E-state index contributed by atoms with van der Waals surface area (Å²) in [4.78, 5) is 31.1. The Morgan fingerprint density at radius 1 is 0.210 bits per heavy atom. The number of rotatable bonds is 11. The highest BCUT2D eigenvalue weighted by Crippen LogP contribution is 2.46. The molecule has 6 heterocycles. The second-order valence-electron chi connectivity index (χ2n) is 25.2. The second kappa shape index (κ2) is 23.0. The van der Waals surface area contributed by atoms with Crippen molar-refractivity contribution in [2.75, 3.05) is 0 Å². The average molecular weight is 1280 g/mol. The van der Waals surface area contributed by atoms with Crippen LogP contribution in [0.2, 0.25) is 0 Å². The van der Waals surface area contributed by atoms with Crippen molar-refractivity contribution in [3.63, 3.8) is 0 Å². The Balaban J connectivity index is 0.684. The number of aromatic nitrogens is 8. The van der Waals surface area contributed by atoms with Crippen molar-refractivity contribution < 1.29 is 8.83 Å². The molecule has 10 nitrogen and oxygen atoms in total. The molecule has 0 aliphatic rings. The molecule has 0 atom stereocenters. The van der Waals surface area contributed by atoms with Crippen molar-refractivity contribution in [2.45, 2.75) is 0 Å². The summed E-state index contributed by atoms with van der Waals surface area (Å²) in [6.07, 6.45) is 0. The largest absolute Gasteiger partial charge is 0.455 e. The molecule has 0 aliphatic carbocycles. The molecule has 20 aromatic rings. The summed E-state index contributed by atoms with van der Waals surface area (Å²) in [5.74, 6) is 3.33. The lowest BCUT2D eigenvalue weighted by Gasteiger charge is -2.15. The number of furan rings is 2. The van der Waals surface area contributed by atoms with Crippen LogP contribution in [0.1, 0.15) is 0 Å². The van der Waals surface area contributed by atoms with E-state index in [1.54, 1.807) is 0 Å². The van der Waals surface area contributed by atoms with Crippen molar-refractivity contribution in [1.29, 1.82) is 0 Å². The molecule has 10 heteroatoms.